The van der Waals surface area contributed by atoms with Gasteiger partial charge in [0.15, 0.2) is 0 Å². The Bertz CT molecular complexity index is 1290. The molecule has 0 radical (unpaired) electrons. The lowest BCUT2D eigenvalue weighted by Crippen LogP contribution is -2.50. The number of halogens is 3. The van der Waals surface area contributed by atoms with E-state index < -0.39 is 23.7 Å². The molecule has 1 aliphatic heterocycles. The van der Waals surface area contributed by atoms with Crippen LogP contribution in [0.5, 0.6) is 0 Å². The normalized spacial score (nSPS) is 14.6. The average Bonchev–Trinajstić information content (AvgIpc) is 2.93. The van der Waals surface area contributed by atoms with Crippen LogP contribution in [0.25, 0.3) is 0 Å². The van der Waals surface area contributed by atoms with Crippen LogP contribution in [0.4, 0.5) is 19.3 Å². The summed E-state index contributed by atoms with van der Waals surface area (Å²) in [6.07, 6.45) is -0.467. The van der Waals surface area contributed by atoms with Crippen molar-refractivity contribution in [2.24, 2.45) is 0 Å². The maximum absolute atomic E-state index is 14.2. The Kier molecular flexibility index (Phi) is 9.50. The van der Waals surface area contributed by atoms with Gasteiger partial charge in [-0.1, -0.05) is 35.9 Å². The molecule has 0 bridgehead atoms. The van der Waals surface area contributed by atoms with Gasteiger partial charge in [-0.3, -0.25) is 4.90 Å². The zero-order chi connectivity index (χ0) is 27.9. The van der Waals surface area contributed by atoms with Crippen molar-refractivity contribution in [3.05, 3.63) is 99.6 Å². The monoisotopic (exact) mass is 557 g/mol. The minimum Gasteiger partial charge on any atom is -0.465 e. The molecule has 2 amide bonds. The van der Waals surface area contributed by atoms with Gasteiger partial charge < -0.3 is 19.7 Å². The van der Waals surface area contributed by atoms with Crippen molar-refractivity contribution in [2.45, 2.75) is 19.6 Å². The molecule has 0 aromatic heterocycles. The standard InChI is InChI=1S/C29H30ClF2N3O4/c1-19-22(28(36)38-2)5-3-8-26(19)33-29(37)35-15-13-34(14-16-35)17-27(20-9-11-21(30)12-10-20)39-18-23-24(31)6-4-7-25(23)32/h3-12,27H,13-18H2,1-2H3,(H,33,37). The van der Waals surface area contributed by atoms with Crippen molar-refractivity contribution in [2.75, 3.05) is 45.2 Å². The number of nitrogens with one attached hydrogen (secondary N) is 1. The van der Waals surface area contributed by atoms with Crippen molar-refractivity contribution in [1.82, 2.24) is 9.80 Å². The summed E-state index contributed by atoms with van der Waals surface area (Å²) >= 11 is 6.05. The smallest absolute Gasteiger partial charge is 0.338 e. The molecular formula is C29H30ClF2N3O4. The van der Waals surface area contributed by atoms with Crippen LogP contribution in [-0.4, -0.2) is 61.6 Å². The number of rotatable bonds is 8. The van der Waals surface area contributed by atoms with E-state index in [-0.39, 0.29) is 18.2 Å². The highest BCUT2D eigenvalue weighted by molar-refractivity contribution is 6.30. The van der Waals surface area contributed by atoms with Gasteiger partial charge in [0.05, 0.1) is 25.4 Å². The first-order valence-corrected chi connectivity index (χ1v) is 12.9. The average molecular weight is 558 g/mol. The number of carbonyl (C=O) groups excluding carboxylic acids is 2. The highest BCUT2D eigenvalue weighted by atomic mass is 35.5. The predicted molar refractivity (Wildman–Crippen MR) is 145 cm³/mol. The molecule has 1 unspecified atom stereocenters. The van der Waals surface area contributed by atoms with Gasteiger partial charge in [0, 0.05) is 49.0 Å². The second kappa shape index (κ2) is 13.0. The first-order chi connectivity index (χ1) is 18.8. The van der Waals surface area contributed by atoms with E-state index >= 15 is 0 Å². The quantitative estimate of drug-likeness (QED) is 0.353. The van der Waals surface area contributed by atoms with Gasteiger partial charge in [-0.15, -0.1) is 0 Å². The van der Waals surface area contributed by atoms with Crippen molar-refractivity contribution in [3.63, 3.8) is 0 Å². The number of amides is 2. The topological polar surface area (TPSA) is 71.1 Å². The van der Waals surface area contributed by atoms with Crippen LogP contribution in [0.1, 0.15) is 33.2 Å². The Morgan fingerprint density at radius 3 is 2.26 bits per heavy atom. The molecule has 0 spiro atoms. The molecule has 1 heterocycles. The number of hydrogen-bond donors (Lipinski definition) is 1. The lowest BCUT2D eigenvalue weighted by atomic mass is 10.1. The molecule has 1 atom stereocenters. The Morgan fingerprint density at radius 1 is 0.974 bits per heavy atom. The maximum atomic E-state index is 14.2. The number of carbonyl (C=O) groups is 2. The summed E-state index contributed by atoms with van der Waals surface area (Å²) in [7, 11) is 1.31. The molecule has 3 aromatic carbocycles. The van der Waals surface area contributed by atoms with Crippen molar-refractivity contribution in [3.8, 4) is 0 Å². The van der Waals surface area contributed by atoms with E-state index in [1.807, 2.05) is 12.1 Å². The van der Waals surface area contributed by atoms with Gasteiger partial charge >= 0.3 is 12.0 Å². The zero-order valence-electron chi connectivity index (χ0n) is 21.8. The zero-order valence-corrected chi connectivity index (χ0v) is 22.5. The van der Waals surface area contributed by atoms with Crippen molar-refractivity contribution >= 4 is 29.3 Å². The lowest BCUT2D eigenvalue weighted by molar-refractivity contribution is 0.00376. The third kappa shape index (κ3) is 7.11. The predicted octanol–water partition coefficient (Wildman–Crippen LogP) is 5.82. The largest absolute Gasteiger partial charge is 0.465 e. The van der Waals surface area contributed by atoms with Crippen LogP contribution in [-0.2, 0) is 16.1 Å². The molecule has 0 saturated carbocycles. The number of esters is 1. The minimum atomic E-state index is -0.656. The SMILES string of the molecule is COC(=O)c1cccc(NC(=O)N2CCN(CC(OCc3c(F)cccc3F)c3ccc(Cl)cc3)CC2)c1C. The fraction of sp³-hybridized carbons (Fsp3) is 0.310. The number of benzene rings is 3. The number of piperazine rings is 1. The molecule has 10 heteroatoms. The van der Waals surface area contributed by atoms with E-state index in [0.29, 0.717) is 54.6 Å². The fourth-order valence-corrected chi connectivity index (χ4v) is 4.58. The Morgan fingerprint density at radius 2 is 1.62 bits per heavy atom. The summed E-state index contributed by atoms with van der Waals surface area (Å²) in [6, 6.07) is 15.7. The second-order valence-electron chi connectivity index (χ2n) is 9.24. The first kappa shape index (κ1) is 28.5. The van der Waals surface area contributed by atoms with Crippen LogP contribution < -0.4 is 5.32 Å². The minimum absolute atomic E-state index is 0.121. The highest BCUT2D eigenvalue weighted by Crippen LogP contribution is 2.25. The Balaban J connectivity index is 1.38. The van der Waals surface area contributed by atoms with E-state index in [9.17, 15) is 18.4 Å². The van der Waals surface area contributed by atoms with E-state index in [4.69, 9.17) is 21.1 Å². The molecule has 7 nitrogen and oxygen atoms in total. The summed E-state index contributed by atoms with van der Waals surface area (Å²) < 4.78 is 39.2. The Labute approximate surface area is 231 Å². The lowest BCUT2D eigenvalue weighted by Gasteiger charge is -2.36. The molecule has 4 rings (SSSR count). The first-order valence-electron chi connectivity index (χ1n) is 12.5. The van der Waals surface area contributed by atoms with Gasteiger partial charge in [-0.2, -0.15) is 0 Å². The molecule has 0 aliphatic carbocycles. The number of methoxy groups -OCH3 is 1. The summed E-state index contributed by atoms with van der Waals surface area (Å²) in [6.45, 7) is 4.09. The number of nitrogens with zero attached hydrogens (tertiary/aromatic N) is 2. The third-order valence-electron chi connectivity index (χ3n) is 6.80. The maximum Gasteiger partial charge on any atom is 0.338 e. The van der Waals surface area contributed by atoms with Crippen molar-refractivity contribution < 1.29 is 27.8 Å². The number of urea groups is 1. The van der Waals surface area contributed by atoms with Gasteiger partial charge in [0.1, 0.15) is 11.6 Å². The van der Waals surface area contributed by atoms with Crippen LogP contribution >= 0.6 is 11.6 Å². The van der Waals surface area contributed by atoms with Crippen LogP contribution in [0.2, 0.25) is 5.02 Å². The fourth-order valence-electron chi connectivity index (χ4n) is 4.45. The molecule has 206 valence electrons. The molecule has 1 aliphatic rings. The molecule has 39 heavy (non-hydrogen) atoms. The van der Waals surface area contributed by atoms with Crippen LogP contribution in [0.15, 0.2) is 60.7 Å². The van der Waals surface area contributed by atoms with Crippen molar-refractivity contribution in [1.29, 1.82) is 0 Å². The highest BCUT2D eigenvalue weighted by Gasteiger charge is 2.25. The van der Waals surface area contributed by atoms with Gasteiger partial charge in [0.25, 0.3) is 0 Å². The van der Waals surface area contributed by atoms with Crippen LogP contribution in [0.3, 0.4) is 0 Å². The second-order valence-corrected chi connectivity index (χ2v) is 9.68. The summed E-state index contributed by atoms with van der Waals surface area (Å²) in [4.78, 5) is 28.8. The van der Waals surface area contributed by atoms with Gasteiger partial charge in [-0.25, -0.2) is 18.4 Å². The molecule has 1 N–H and O–H groups in total. The number of anilines is 1. The summed E-state index contributed by atoms with van der Waals surface area (Å²) in [5.74, 6) is -1.78. The van der Waals surface area contributed by atoms with Gasteiger partial charge in [0.2, 0.25) is 0 Å². The number of ether oxygens (including phenoxy) is 2. The molecular weight excluding hydrogens is 528 g/mol. The molecule has 3 aromatic rings. The van der Waals surface area contributed by atoms with Gasteiger partial charge in [-0.05, 0) is 54.4 Å². The summed E-state index contributed by atoms with van der Waals surface area (Å²) in [5.41, 5.74) is 2.28. The number of hydrogen-bond acceptors (Lipinski definition) is 5. The molecule has 1 fully saturated rings. The third-order valence-corrected chi connectivity index (χ3v) is 7.05. The Hall–Kier alpha value is -3.53. The van der Waals surface area contributed by atoms with E-state index in [1.165, 1.54) is 25.3 Å². The van der Waals surface area contributed by atoms with E-state index in [2.05, 4.69) is 10.2 Å². The van der Waals surface area contributed by atoms with E-state index in [0.717, 1.165) is 5.56 Å². The van der Waals surface area contributed by atoms with Crippen LogP contribution in [0, 0.1) is 18.6 Å². The van der Waals surface area contributed by atoms with E-state index in [1.54, 1.807) is 42.2 Å². The summed E-state index contributed by atoms with van der Waals surface area (Å²) in [5, 5.41) is 3.46. The molecule has 1 saturated heterocycles.